The first-order chi connectivity index (χ1) is 9.67. The van der Waals surface area contributed by atoms with Gasteiger partial charge in [0.25, 0.3) is 0 Å². The van der Waals surface area contributed by atoms with Gasteiger partial charge in [0.1, 0.15) is 0 Å². The van der Waals surface area contributed by atoms with E-state index >= 15 is 0 Å². The van der Waals surface area contributed by atoms with Crippen molar-refractivity contribution in [3.05, 3.63) is 51.7 Å². The quantitative estimate of drug-likeness (QED) is 0.714. The molecule has 3 heteroatoms. The first-order valence-corrected chi connectivity index (χ1v) is 9.00. The molecular formula is C17H23NS2. The molecule has 108 valence electrons. The van der Waals surface area contributed by atoms with Gasteiger partial charge in [-0.1, -0.05) is 32.9 Å². The molecule has 0 unspecified atom stereocenters. The summed E-state index contributed by atoms with van der Waals surface area (Å²) in [7, 11) is 0. The number of nitrogens with one attached hydrogen (secondary N) is 1. The molecule has 0 aliphatic carbocycles. The highest BCUT2D eigenvalue weighted by Gasteiger charge is 2.01. The van der Waals surface area contributed by atoms with E-state index in [0.29, 0.717) is 6.04 Å². The van der Waals surface area contributed by atoms with Crippen molar-refractivity contribution in [2.75, 3.05) is 0 Å². The maximum Gasteiger partial charge on any atom is 0.0326 e. The third-order valence-corrected chi connectivity index (χ3v) is 5.56. The molecule has 0 bridgehead atoms. The molecule has 0 radical (unpaired) electrons. The number of hydrogen-bond acceptors (Lipinski definition) is 3. The van der Waals surface area contributed by atoms with Crippen molar-refractivity contribution >= 4 is 23.1 Å². The summed E-state index contributed by atoms with van der Waals surface area (Å²) < 4.78 is 0. The van der Waals surface area contributed by atoms with Crippen LogP contribution in [0.5, 0.6) is 0 Å². The smallest absolute Gasteiger partial charge is 0.0326 e. The van der Waals surface area contributed by atoms with Gasteiger partial charge in [0.15, 0.2) is 0 Å². The Morgan fingerprint density at radius 1 is 1.05 bits per heavy atom. The monoisotopic (exact) mass is 305 g/mol. The molecule has 2 rings (SSSR count). The highest BCUT2D eigenvalue weighted by molar-refractivity contribution is 7.98. The normalized spacial score (nSPS) is 11.2. The van der Waals surface area contributed by atoms with Gasteiger partial charge < -0.3 is 5.32 Å². The molecule has 1 N–H and O–H groups in total. The Hall–Kier alpha value is -0.770. The van der Waals surface area contributed by atoms with Crippen LogP contribution in [0.1, 0.15) is 36.1 Å². The number of aryl methyl sites for hydroxylation is 1. The Morgan fingerprint density at radius 2 is 1.75 bits per heavy atom. The summed E-state index contributed by atoms with van der Waals surface area (Å²) in [4.78, 5) is 4.30. The average molecular weight is 306 g/mol. The summed E-state index contributed by atoms with van der Waals surface area (Å²) in [6, 6.07) is 14.0. The van der Waals surface area contributed by atoms with Crippen LogP contribution in [-0.2, 0) is 18.7 Å². The lowest BCUT2D eigenvalue weighted by atomic mass is 10.2. The molecule has 1 heterocycles. The molecular weight excluding hydrogens is 282 g/mol. The van der Waals surface area contributed by atoms with Crippen LogP contribution in [0.4, 0.5) is 0 Å². The summed E-state index contributed by atoms with van der Waals surface area (Å²) in [5.74, 6) is 1.08. The predicted octanol–water partition coefficient (Wildman–Crippen LogP) is 5.10. The van der Waals surface area contributed by atoms with Crippen molar-refractivity contribution in [1.29, 1.82) is 0 Å². The summed E-state index contributed by atoms with van der Waals surface area (Å²) in [5, 5.41) is 3.44. The molecule has 0 fully saturated rings. The predicted molar refractivity (Wildman–Crippen MR) is 91.7 cm³/mol. The van der Waals surface area contributed by atoms with Gasteiger partial charge in [-0.05, 0) is 36.2 Å². The lowest BCUT2D eigenvalue weighted by Crippen LogP contribution is -2.21. The fourth-order valence-electron chi connectivity index (χ4n) is 1.87. The van der Waals surface area contributed by atoms with E-state index in [2.05, 4.69) is 62.5 Å². The average Bonchev–Trinajstić information content (AvgIpc) is 2.92. The summed E-state index contributed by atoms with van der Waals surface area (Å²) in [6.45, 7) is 7.52. The van der Waals surface area contributed by atoms with Gasteiger partial charge in [-0.2, -0.15) is 0 Å². The molecule has 2 aromatic rings. The maximum atomic E-state index is 3.44. The zero-order valence-corrected chi connectivity index (χ0v) is 14.1. The van der Waals surface area contributed by atoms with E-state index < -0.39 is 0 Å². The zero-order chi connectivity index (χ0) is 14.4. The van der Waals surface area contributed by atoms with Crippen molar-refractivity contribution in [1.82, 2.24) is 5.32 Å². The highest BCUT2D eigenvalue weighted by Crippen LogP contribution is 2.27. The Bertz CT molecular complexity index is 514. The van der Waals surface area contributed by atoms with Crippen LogP contribution in [0.3, 0.4) is 0 Å². The minimum Gasteiger partial charge on any atom is -0.310 e. The summed E-state index contributed by atoms with van der Waals surface area (Å²) in [5.41, 5.74) is 1.35. The molecule has 1 aromatic carbocycles. The molecule has 1 nitrogen and oxygen atoms in total. The molecule has 0 atom stereocenters. The van der Waals surface area contributed by atoms with E-state index in [1.807, 2.05) is 23.1 Å². The number of rotatable bonds is 7. The lowest BCUT2D eigenvalue weighted by molar-refractivity contribution is 0.588. The van der Waals surface area contributed by atoms with Gasteiger partial charge in [-0.25, -0.2) is 0 Å². The van der Waals surface area contributed by atoms with Crippen molar-refractivity contribution < 1.29 is 0 Å². The van der Waals surface area contributed by atoms with Crippen LogP contribution in [0.15, 0.2) is 41.3 Å². The molecule has 20 heavy (non-hydrogen) atoms. The van der Waals surface area contributed by atoms with Crippen LogP contribution < -0.4 is 5.32 Å². The van der Waals surface area contributed by atoms with Crippen molar-refractivity contribution in [3.63, 3.8) is 0 Å². The molecule has 0 amide bonds. The minimum atomic E-state index is 0.538. The second-order valence-electron chi connectivity index (χ2n) is 5.19. The maximum absolute atomic E-state index is 3.44. The fourth-order valence-corrected chi connectivity index (χ4v) is 3.77. The Balaban J connectivity index is 1.84. The minimum absolute atomic E-state index is 0.538. The number of benzene rings is 1. The van der Waals surface area contributed by atoms with E-state index in [4.69, 9.17) is 0 Å². The Kier molecular flexibility index (Phi) is 6.14. The summed E-state index contributed by atoms with van der Waals surface area (Å²) in [6.07, 6.45) is 1.15. The Labute approximate surface area is 130 Å². The molecule has 0 saturated heterocycles. The van der Waals surface area contributed by atoms with E-state index in [9.17, 15) is 0 Å². The van der Waals surface area contributed by atoms with E-state index in [0.717, 1.165) is 18.7 Å². The van der Waals surface area contributed by atoms with Crippen molar-refractivity contribution in [2.24, 2.45) is 0 Å². The molecule has 0 spiro atoms. The van der Waals surface area contributed by atoms with Gasteiger partial charge in [0, 0.05) is 33.0 Å². The molecule has 0 saturated carbocycles. The Morgan fingerprint density at radius 3 is 2.35 bits per heavy atom. The van der Waals surface area contributed by atoms with E-state index in [1.54, 1.807) is 0 Å². The SMILES string of the molecule is CCc1ccc(CSc2ccc(CNC(C)C)cc2)s1. The van der Waals surface area contributed by atoms with Crippen molar-refractivity contribution in [2.45, 2.75) is 50.4 Å². The van der Waals surface area contributed by atoms with Crippen LogP contribution in [0.25, 0.3) is 0 Å². The fraction of sp³-hybridized carbons (Fsp3) is 0.412. The topological polar surface area (TPSA) is 12.0 Å². The summed E-state index contributed by atoms with van der Waals surface area (Å²) >= 11 is 3.86. The van der Waals surface area contributed by atoms with E-state index in [-0.39, 0.29) is 0 Å². The molecule has 1 aromatic heterocycles. The van der Waals surface area contributed by atoms with Gasteiger partial charge in [-0.3, -0.25) is 0 Å². The first-order valence-electron chi connectivity index (χ1n) is 7.20. The molecule has 0 aliphatic heterocycles. The first kappa shape index (κ1) is 15.6. The van der Waals surface area contributed by atoms with Crippen LogP contribution in [-0.4, -0.2) is 6.04 Å². The van der Waals surface area contributed by atoms with Crippen molar-refractivity contribution in [3.8, 4) is 0 Å². The largest absolute Gasteiger partial charge is 0.310 e. The number of thiophene rings is 1. The third kappa shape index (κ3) is 4.97. The van der Waals surface area contributed by atoms with E-state index in [1.165, 1.54) is 20.2 Å². The lowest BCUT2D eigenvalue weighted by Gasteiger charge is -2.08. The van der Waals surface area contributed by atoms with Crippen LogP contribution in [0.2, 0.25) is 0 Å². The van der Waals surface area contributed by atoms with Crippen LogP contribution >= 0.6 is 23.1 Å². The zero-order valence-electron chi connectivity index (χ0n) is 12.5. The molecule has 0 aliphatic rings. The van der Waals surface area contributed by atoms with Crippen LogP contribution in [0, 0.1) is 0 Å². The second kappa shape index (κ2) is 7.87. The van der Waals surface area contributed by atoms with Gasteiger partial charge >= 0.3 is 0 Å². The standard InChI is InChI=1S/C17H23NS2/c1-4-15-9-10-17(20-15)12-19-16-7-5-14(6-8-16)11-18-13(2)3/h5-10,13,18H,4,11-12H2,1-3H3. The number of thioether (sulfide) groups is 1. The second-order valence-corrected chi connectivity index (χ2v) is 7.49. The van der Waals surface area contributed by atoms with Gasteiger partial charge in [0.2, 0.25) is 0 Å². The van der Waals surface area contributed by atoms with Gasteiger partial charge in [-0.15, -0.1) is 23.1 Å². The van der Waals surface area contributed by atoms with Gasteiger partial charge in [0.05, 0.1) is 0 Å². The third-order valence-electron chi connectivity index (χ3n) is 3.08. The number of hydrogen-bond donors (Lipinski definition) is 1. The highest BCUT2D eigenvalue weighted by atomic mass is 32.2.